The summed E-state index contributed by atoms with van der Waals surface area (Å²) in [5.41, 5.74) is 0.871. The van der Waals surface area contributed by atoms with E-state index in [4.69, 9.17) is 48.7 Å². The van der Waals surface area contributed by atoms with Crippen LogP contribution in [0.15, 0.2) is 71.1 Å². The van der Waals surface area contributed by atoms with Crippen LogP contribution in [0.4, 0.5) is 11.4 Å². The lowest BCUT2D eigenvalue weighted by Gasteiger charge is -2.10. The van der Waals surface area contributed by atoms with E-state index in [1.807, 2.05) is 13.0 Å². The summed E-state index contributed by atoms with van der Waals surface area (Å²) in [6, 6.07) is 17.1. The van der Waals surface area contributed by atoms with E-state index < -0.39 is 10.8 Å². The van der Waals surface area contributed by atoms with Crippen LogP contribution in [-0.2, 0) is 6.61 Å². The Hall–Kier alpha value is -3.72. The second-order valence-corrected chi connectivity index (χ2v) is 8.85. The number of benzene rings is 3. The summed E-state index contributed by atoms with van der Waals surface area (Å²) in [6.07, 6.45) is 0. The molecule has 1 aromatic heterocycles. The van der Waals surface area contributed by atoms with E-state index in [0.717, 1.165) is 5.56 Å². The minimum atomic E-state index is -0.620. The second-order valence-electron chi connectivity index (χ2n) is 7.60. The summed E-state index contributed by atoms with van der Waals surface area (Å²) < 4.78 is 16.9. The van der Waals surface area contributed by atoms with Gasteiger partial charge in [0.2, 0.25) is 0 Å². The summed E-state index contributed by atoms with van der Waals surface area (Å²) in [4.78, 5) is 23.6. The Bertz CT molecular complexity index is 1430. The zero-order chi connectivity index (χ0) is 25.8. The van der Waals surface area contributed by atoms with Crippen LogP contribution in [0.25, 0.3) is 0 Å². The molecule has 8 nitrogen and oxygen atoms in total. The number of hydrogen-bond acceptors (Lipinski definition) is 6. The van der Waals surface area contributed by atoms with E-state index in [1.165, 1.54) is 36.4 Å². The Morgan fingerprint density at radius 2 is 1.75 bits per heavy atom. The summed E-state index contributed by atoms with van der Waals surface area (Å²) >= 11 is 18.1. The van der Waals surface area contributed by atoms with Crippen LogP contribution in [0.1, 0.15) is 21.9 Å². The van der Waals surface area contributed by atoms with Crippen molar-refractivity contribution in [1.82, 2.24) is 0 Å². The van der Waals surface area contributed by atoms with Crippen LogP contribution in [0.3, 0.4) is 0 Å². The van der Waals surface area contributed by atoms with Crippen molar-refractivity contribution in [3.63, 3.8) is 0 Å². The van der Waals surface area contributed by atoms with Crippen LogP contribution in [0, 0.1) is 17.0 Å². The van der Waals surface area contributed by atoms with E-state index in [9.17, 15) is 14.9 Å². The van der Waals surface area contributed by atoms with Gasteiger partial charge in [-0.3, -0.25) is 14.9 Å². The molecule has 0 radical (unpaired) electrons. The van der Waals surface area contributed by atoms with Gasteiger partial charge in [0.25, 0.3) is 11.6 Å². The Kier molecular flexibility index (Phi) is 7.69. The van der Waals surface area contributed by atoms with Gasteiger partial charge in [0.1, 0.15) is 23.9 Å². The summed E-state index contributed by atoms with van der Waals surface area (Å²) in [5.74, 6) is 0.590. The van der Waals surface area contributed by atoms with E-state index in [-0.39, 0.29) is 45.3 Å². The molecule has 36 heavy (non-hydrogen) atoms. The topological polar surface area (TPSA) is 104 Å². The summed E-state index contributed by atoms with van der Waals surface area (Å²) in [6.45, 7) is 1.84. The van der Waals surface area contributed by atoms with Crippen molar-refractivity contribution in [2.75, 3.05) is 5.32 Å². The van der Waals surface area contributed by atoms with Crippen molar-refractivity contribution in [3.8, 4) is 17.2 Å². The van der Waals surface area contributed by atoms with Crippen molar-refractivity contribution < 1.29 is 23.6 Å². The van der Waals surface area contributed by atoms with E-state index >= 15 is 0 Å². The molecular weight excluding hydrogens is 531 g/mol. The molecule has 0 unspecified atom stereocenters. The third-order valence-corrected chi connectivity index (χ3v) is 5.57. The number of carbonyl (C=O) groups excluding carboxylic acids is 1. The first-order valence-electron chi connectivity index (χ1n) is 10.4. The number of aryl methyl sites for hydroxylation is 1. The van der Waals surface area contributed by atoms with Gasteiger partial charge in [0.05, 0.1) is 26.7 Å². The van der Waals surface area contributed by atoms with Gasteiger partial charge >= 0.3 is 0 Å². The van der Waals surface area contributed by atoms with Crippen molar-refractivity contribution in [2.24, 2.45) is 0 Å². The fourth-order valence-electron chi connectivity index (χ4n) is 3.22. The summed E-state index contributed by atoms with van der Waals surface area (Å²) in [7, 11) is 0. The fraction of sp³-hybridized carbons (Fsp3) is 0.0800. The monoisotopic (exact) mass is 546 g/mol. The highest BCUT2D eigenvalue weighted by molar-refractivity contribution is 6.40. The molecule has 0 aliphatic carbocycles. The normalized spacial score (nSPS) is 10.7. The number of non-ortho nitro benzene ring substituents is 1. The molecule has 1 amide bonds. The largest absolute Gasteiger partial charge is 0.483 e. The number of nitrogens with one attached hydrogen (secondary N) is 1. The SMILES string of the molecule is Cc1cccc(Oc2cc(NC(=O)c3ccc(COc4c(Cl)cc(Cl)cc4Cl)o3)cc([N+](=O)[O-])c2)c1. The lowest BCUT2D eigenvalue weighted by atomic mass is 10.2. The molecule has 0 saturated carbocycles. The third kappa shape index (κ3) is 6.28. The first-order valence-corrected chi connectivity index (χ1v) is 11.5. The lowest BCUT2D eigenvalue weighted by Crippen LogP contribution is -2.11. The molecule has 4 rings (SSSR count). The van der Waals surface area contributed by atoms with E-state index in [1.54, 1.807) is 24.3 Å². The van der Waals surface area contributed by atoms with Crippen molar-refractivity contribution in [1.29, 1.82) is 0 Å². The average molecular weight is 548 g/mol. The van der Waals surface area contributed by atoms with Crippen LogP contribution >= 0.6 is 34.8 Å². The van der Waals surface area contributed by atoms with Crippen molar-refractivity contribution >= 4 is 52.1 Å². The van der Waals surface area contributed by atoms with Gasteiger partial charge < -0.3 is 19.2 Å². The van der Waals surface area contributed by atoms with Gasteiger partial charge in [0.15, 0.2) is 11.5 Å². The zero-order valence-corrected chi connectivity index (χ0v) is 20.9. The maximum Gasteiger partial charge on any atom is 0.291 e. The predicted octanol–water partition coefficient (Wildman–Crippen LogP) is 8.08. The van der Waals surface area contributed by atoms with Gasteiger partial charge in [-0.05, 0) is 48.9 Å². The highest BCUT2D eigenvalue weighted by Crippen LogP contribution is 2.36. The minimum absolute atomic E-state index is 0.0328. The number of furan rings is 1. The van der Waals surface area contributed by atoms with Gasteiger partial charge in [-0.25, -0.2) is 0 Å². The second kappa shape index (κ2) is 10.9. The molecule has 0 aliphatic rings. The smallest absolute Gasteiger partial charge is 0.291 e. The molecule has 0 bridgehead atoms. The molecule has 0 spiro atoms. The quantitative estimate of drug-likeness (QED) is 0.177. The predicted molar refractivity (Wildman–Crippen MR) is 137 cm³/mol. The van der Waals surface area contributed by atoms with Gasteiger partial charge in [-0.1, -0.05) is 46.9 Å². The number of hydrogen-bond donors (Lipinski definition) is 1. The fourth-order valence-corrected chi connectivity index (χ4v) is 4.14. The molecule has 0 aliphatic heterocycles. The zero-order valence-electron chi connectivity index (χ0n) is 18.6. The molecule has 11 heteroatoms. The van der Waals surface area contributed by atoms with Gasteiger partial charge in [-0.15, -0.1) is 0 Å². The number of amides is 1. The van der Waals surface area contributed by atoms with Crippen LogP contribution in [0.2, 0.25) is 15.1 Å². The molecule has 3 aromatic carbocycles. The highest BCUT2D eigenvalue weighted by Gasteiger charge is 2.17. The number of halogens is 3. The Balaban J connectivity index is 1.47. The lowest BCUT2D eigenvalue weighted by molar-refractivity contribution is -0.384. The van der Waals surface area contributed by atoms with Crippen LogP contribution < -0.4 is 14.8 Å². The number of rotatable bonds is 8. The maximum absolute atomic E-state index is 12.7. The van der Waals surface area contributed by atoms with Crippen LogP contribution in [0.5, 0.6) is 17.2 Å². The Morgan fingerprint density at radius 3 is 2.44 bits per heavy atom. The number of nitrogens with zero attached hydrogens (tertiary/aromatic N) is 1. The molecule has 1 N–H and O–H groups in total. The molecule has 0 saturated heterocycles. The third-order valence-electron chi connectivity index (χ3n) is 4.79. The molecule has 0 fully saturated rings. The van der Waals surface area contributed by atoms with Crippen molar-refractivity contribution in [3.05, 3.63) is 109 Å². The van der Waals surface area contributed by atoms with Gasteiger partial charge in [0, 0.05) is 17.2 Å². The minimum Gasteiger partial charge on any atom is -0.483 e. The van der Waals surface area contributed by atoms with E-state index in [0.29, 0.717) is 16.5 Å². The molecule has 4 aromatic rings. The van der Waals surface area contributed by atoms with Crippen molar-refractivity contribution in [2.45, 2.75) is 13.5 Å². The molecule has 1 heterocycles. The first kappa shape index (κ1) is 25.4. The standard InChI is InChI=1S/C25H17Cl3N2O6/c1-14-3-2-4-18(7-14)35-20-11-16(10-17(12-20)30(32)33)29-25(31)23-6-5-19(36-23)13-34-24-21(27)8-15(26)9-22(24)28/h2-12H,13H2,1H3,(H,29,31). The first-order chi connectivity index (χ1) is 17.2. The Labute approximate surface area is 220 Å². The highest BCUT2D eigenvalue weighted by atomic mass is 35.5. The average Bonchev–Trinajstić information content (AvgIpc) is 3.27. The molecule has 0 atom stereocenters. The van der Waals surface area contributed by atoms with E-state index in [2.05, 4.69) is 5.32 Å². The number of anilines is 1. The summed E-state index contributed by atoms with van der Waals surface area (Å²) in [5, 5.41) is 14.8. The Morgan fingerprint density at radius 1 is 1.00 bits per heavy atom. The maximum atomic E-state index is 12.7. The van der Waals surface area contributed by atoms with Gasteiger partial charge in [-0.2, -0.15) is 0 Å². The van der Waals surface area contributed by atoms with Crippen LogP contribution in [-0.4, -0.2) is 10.8 Å². The number of nitro benzene ring substituents is 1. The number of ether oxygens (including phenoxy) is 2. The molecular formula is C25H17Cl3N2O6. The number of carbonyl (C=O) groups is 1. The molecule has 184 valence electrons. The number of nitro groups is 1.